The third-order valence-corrected chi connectivity index (χ3v) is 8.72. The number of nitrogens with zero attached hydrogens (tertiary/aromatic N) is 3. The number of phenols is 1. The van der Waals surface area contributed by atoms with Crippen molar-refractivity contribution >= 4 is 37.3 Å². The van der Waals surface area contributed by atoms with E-state index in [-0.39, 0.29) is 11.8 Å². The quantitative estimate of drug-likeness (QED) is 0.500. The van der Waals surface area contributed by atoms with Gasteiger partial charge in [0, 0.05) is 17.4 Å². The number of aromatic hydroxyl groups is 1. The van der Waals surface area contributed by atoms with E-state index in [1.165, 1.54) is 16.9 Å². The molecule has 1 aromatic heterocycles. The fraction of sp³-hybridized carbons (Fsp3) is 0.333. The first-order valence-electron chi connectivity index (χ1n) is 9.81. The summed E-state index contributed by atoms with van der Waals surface area (Å²) >= 11 is 4.86. The second-order valence-corrected chi connectivity index (χ2v) is 11.2. The van der Waals surface area contributed by atoms with E-state index < -0.39 is 10.0 Å². The van der Waals surface area contributed by atoms with Crippen molar-refractivity contribution in [2.24, 2.45) is 0 Å². The lowest BCUT2D eigenvalue weighted by atomic mass is 10.1. The van der Waals surface area contributed by atoms with Crippen molar-refractivity contribution in [1.82, 2.24) is 14.5 Å². The number of halogens is 1. The lowest BCUT2D eigenvalue weighted by Gasteiger charge is -2.22. The van der Waals surface area contributed by atoms with Crippen molar-refractivity contribution in [1.29, 1.82) is 0 Å². The number of aryl methyl sites for hydroxylation is 2. The lowest BCUT2D eigenvalue weighted by molar-refractivity contribution is 0.394. The first-order chi connectivity index (χ1) is 14.4. The molecular formula is C21H22BrN3O3S2. The molecule has 6 nitrogen and oxygen atoms in total. The van der Waals surface area contributed by atoms with Gasteiger partial charge in [-0.2, -0.15) is 4.31 Å². The van der Waals surface area contributed by atoms with Crippen LogP contribution in [0.4, 0.5) is 0 Å². The average Bonchev–Trinajstić information content (AvgIpc) is 3.39. The highest BCUT2D eigenvalue weighted by Crippen LogP contribution is 2.38. The summed E-state index contributed by atoms with van der Waals surface area (Å²) in [6, 6.07) is 13.7. The van der Waals surface area contributed by atoms with Crippen LogP contribution in [0.25, 0.3) is 0 Å². The van der Waals surface area contributed by atoms with E-state index in [0.29, 0.717) is 11.4 Å². The van der Waals surface area contributed by atoms with Crippen LogP contribution in [0.3, 0.4) is 0 Å². The van der Waals surface area contributed by atoms with Gasteiger partial charge < -0.3 is 5.11 Å². The van der Waals surface area contributed by atoms with E-state index in [1.807, 2.05) is 12.1 Å². The summed E-state index contributed by atoms with van der Waals surface area (Å²) in [5.41, 5.74) is 1.17. The van der Waals surface area contributed by atoms with Crippen molar-refractivity contribution in [3.05, 3.63) is 68.6 Å². The molecule has 1 aliphatic heterocycles. The van der Waals surface area contributed by atoms with Crippen LogP contribution < -0.4 is 0 Å². The van der Waals surface area contributed by atoms with Crippen LogP contribution in [0, 0.1) is 0 Å². The van der Waals surface area contributed by atoms with Crippen molar-refractivity contribution in [3.8, 4) is 5.75 Å². The van der Waals surface area contributed by atoms with Crippen LogP contribution >= 0.6 is 27.3 Å². The molecule has 1 fully saturated rings. The van der Waals surface area contributed by atoms with Crippen LogP contribution in [-0.2, 0) is 22.9 Å². The molecule has 0 bridgehead atoms. The molecule has 1 saturated heterocycles. The van der Waals surface area contributed by atoms with Gasteiger partial charge in [0.05, 0.1) is 10.9 Å². The van der Waals surface area contributed by atoms with Gasteiger partial charge in [-0.05, 0) is 67.6 Å². The minimum atomic E-state index is -3.57. The summed E-state index contributed by atoms with van der Waals surface area (Å²) in [5, 5.41) is 19.7. The topological polar surface area (TPSA) is 83.4 Å². The molecule has 30 heavy (non-hydrogen) atoms. The first-order valence-corrected chi connectivity index (χ1v) is 12.9. The van der Waals surface area contributed by atoms with Crippen LogP contribution in [0.1, 0.15) is 40.9 Å². The summed E-state index contributed by atoms with van der Waals surface area (Å²) < 4.78 is 28.7. The highest BCUT2D eigenvalue weighted by atomic mass is 79.9. The highest BCUT2D eigenvalue weighted by Gasteiger charge is 2.38. The van der Waals surface area contributed by atoms with Gasteiger partial charge in [-0.3, -0.25) is 0 Å². The third kappa shape index (κ3) is 4.74. The molecule has 0 spiro atoms. The van der Waals surface area contributed by atoms with Gasteiger partial charge in [-0.1, -0.05) is 39.4 Å². The SMILES string of the molecule is O=S(=O)(c1ccc(Br)cc1)N1CCCC1c1nnc(CCCc2ccc(O)cc2)s1. The van der Waals surface area contributed by atoms with Crippen molar-refractivity contribution < 1.29 is 13.5 Å². The molecule has 0 radical (unpaired) electrons. The summed E-state index contributed by atoms with van der Waals surface area (Å²) in [4.78, 5) is 0.302. The Bertz CT molecular complexity index is 1100. The number of aromatic nitrogens is 2. The molecule has 1 aliphatic rings. The zero-order valence-corrected chi connectivity index (χ0v) is 19.5. The summed E-state index contributed by atoms with van der Waals surface area (Å²) in [6.07, 6.45) is 4.19. The number of rotatable bonds is 7. The minimum absolute atomic E-state index is 0.248. The monoisotopic (exact) mass is 507 g/mol. The average molecular weight is 508 g/mol. The molecule has 1 N–H and O–H groups in total. The number of hydrogen-bond donors (Lipinski definition) is 1. The van der Waals surface area contributed by atoms with Gasteiger partial charge in [0.1, 0.15) is 15.8 Å². The van der Waals surface area contributed by atoms with E-state index >= 15 is 0 Å². The third-order valence-electron chi connectivity index (χ3n) is 5.18. The number of benzene rings is 2. The fourth-order valence-electron chi connectivity index (χ4n) is 3.63. The number of phenolic OH excluding ortho intramolecular Hbond substituents is 1. The Morgan fingerprint density at radius 1 is 1.07 bits per heavy atom. The highest BCUT2D eigenvalue weighted by molar-refractivity contribution is 9.10. The Kier molecular flexibility index (Phi) is 6.52. The Hall–Kier alpha value is -1.81. The molecule has 158 valence electrons. The van der Waals surface area contributed by atoms with Gasteiger partial charge >= 0.3 is 0 Å². The number of sulfonamides is 1. The lowest BCUT2D eigenvalue weighted by Crippen LogP contribution is -2.30. The predicted octanol–water partition coefficient (Wildman–Crippen LogP) is 4.71. The minimum Gasteiger partial charge on any atom is -0.508 e. The van der Waals surface area contributed by atoms with E-state index in [4.69, 9.17) is 0 Å². The van der Waals surface area contributed by atoms with E-state index in [0.717, 1.165) is 46.6 Å². The maximum Gasteiger partial charge on any atom is 0.243 e. The zero-order chi connectivity index (χ0) is 21.1. The van der Waals surface area contributed by atoms with Crippen LogP contribution in [0.15, 0.2) is 57.9 Å². The molecule has 0 aliphatic carbocycles. The predicted molar refractivity (Wildman–Crippen MR) is 120 cm³/mol. The van der Waals surface area contributed by atoms with Crippen molar-refractivity contribution in [3.63, 3.8) is 0 Å². The van der Waals surface area contributed by atoms with Gasteiger partial charge in [0.25, 0.3) is 0 Å². The van der Waals surface area contributed by atoms with Crippen LogP contribution in [0.2, 0.25) is 0 Å². The molecule has 0 amide bonds. The van der Waals surface area contributed by atoms with Gasteiger partial charge in [0.15, 0.2) is 0 Å². The second-order valence-electron chi connectivity index (χ2n) is 7.28. The van der Waals surface area contributed by atoms with Gasteiger partial charge in [-0.15, -0.1) is 10.2 Å². The Morgan fingerprint density at radius 2 is 1.80 bits per heavy atom. The molecule has 1 atom stereocenters. The number of hydrogen-bond acceptors (Lipinski definition) is 6. The van der Waals surface area contributed by atoms with Crippen LogP contribution in [0.5, 0.6) is 5.75 Å². The van der Waals surface area contributed by atoms with E-state index in [2.05, 4.69) is 26.1 Å². The molecule has 2 heterocycles. The maximum absolute atomic E-state index is 13.1. The standard InChI is InChI=1S/C21H22BrN3O3S2/c22-16-8-12-18(13-9-16)30(27,28)25-14-2-4-19(25)21-24-23-20(29-21)5-1-3-15-6-10-17(26)11-7-15/h6-13,19,26H,1-5,14H2. The maximum atomic E-state index is 13.1. The zero-order valence-electron chi connectivity index (χ0n) is 16.2. The van der Waals surface area contributed by atoms with Crippen molar-refractivity contribution in [2.75, 3.05) is 6.54 Å². The summed E-state index contributed by atoms with van der Waals surface area (Å²) in [5.74, 6) is 0.270. The van der Waals surface area contributed by atoms with E-state index in [1.54, 1.807) is 40.7 Å². The molecule has 1 unspecified atom stereocenters. The normalized spacial score (nSPS) is 17.4. The Balaban J connectivity index is 1.43. The molecule has 9 heteroatoms. The summed E-state index contributed by atoms with van der Waals surface area (Å²) in [6.45, 7) is 0.499. The Labute approximate surface area is 188 Å². The Morgan fingerprint density at radius 3 is 2.53 bits per heavy atom. The van der Waals surface area contributed by atoms with Crippen LogP contribution in [-0.4, -0.2) is 34.6 Å². The first kappa shape index (κ1) is 21.4. The fourth-order valence-corrected chi connectivity index (χ4v) is 6.65. The molecule has 0 saturated carbocycles. The molecule has 4 rings (SSSR count). The van der Waals surface area contributed by atoms with Gasteiger partial charge in [-0.25, -0.2) is 8.42 Å². The largest absolute Gasteiger partial charge is 0.508 e. The van der Waals surface area contributed by atoms with Gasteiger partial charge in [0.2, 0.25) is 10.0 Å². The molecular weight excluding hydrogens is 486 g/mol. The second kappa shape index (κ2) is 9.13. The molecule has 3 aromatic rings. The van der Waals surface area contributed by atoms with Crippen molar-refractivity contribution in [2.45, 2.75) is 43.0 Å². The smallest absolute Gasteiger partial charge is 0.243 e. The van der Waals surface area contributed by atoms with E-state index in [9.17, 15) is 13.5 Å². The molecule has 2 aromatic carbocycles. The summed E-state index contributed by atoms with van der Waals surface area (Å²) in [7, 11) is -3.57.